The summed E-state index contributed by atoms with van der Waals surface area (Å²) in [6.45, 7) is 9.02. The summed E-state index contributed by atoms with van der Waals surface area (Å²) in [5.41, 5.74) is 6.54. The highest BCUT2D eigenvalue weighted by Crippen LogP contribution is 2.25. The molecular weight excluding hydrogens is 488 g/mol. The summed E-state index contributed by atoms with van der Waals surface area (Å²) < 4.78 is 10.7. The van der Waals surface area contributed by atoms with Gasteiger partial charge in [0.05, 0.1) is 18.8 Å². The van der Waals surface area contributed by atoms with E-state index in [1.807, 2.05) is 20.8 Å². The van der Waals surface area contributed by atoms with E-state index in [-0.39, 0.29) is 17.5 Å². The number of pyridine rings is 1. The Morgan fingerprint density at radius 3 is 2.42 bits per heavy atom. The maximum atomic E-state index is 12.7. The van der Waals surface area contributed by atoms with Crippen LogP contribution in [-0.2, 0) is 9.47 Å². The molecule has 0 radical (unpaired) electrons. The first-order chi connectivity index (χ1) is 18.1. The Bertz CT molecular complexity index is 1160. The van der Waals surface area contributed by atoms with Crippen LogP contribution in [0, 0.1) is 0 Å². The molecule has 2 saturated heterocycles. The third-order valence-corrected chi connectivity index (χ3v) is 6.31. The fourth-order valence-electron chi connectivity index (χ4n) is 4.48. The van der Waals surface area contributed by atoms with Gasteiger partial charge in [0.1, 0.15) is 17.2 Å². The lowest BCUT2D eigenvalue weighted by Gasteiger charge is -2.34. The Morgan fingerprint density at radius 2 is 1.76 bits per heavy atom. The molecule has 4 N–H and O–H groups in total. The van der Waals surface area contributed by atoms with Crippen LogP contribution in [0.5, 0.6) is 0 Å². The number of morpholine rings is 1. The normalized spacial score (nSPS) is 18.0. The van der Waals surface area contributed by atoms with Gasteiger partial charge in [0.25, 0.3) is 11.8 Å². The number of piperidine rings is 1. The highest BCUT2D eigenvalue weighted by Gasteiger charge is 2.26. The number of aromatic nitrogens is 1. The van der Waals surface area contributed by atoms with E-state index in [9.17, 15) is 14.4 Å². The molecule has 3 amide bonds. The Hall–Kier alpha value is -3.86. The Labute approximate surface area is 222 Å². The third-order valence-electron chi connectivity index (χ3n) is 6.31. The molecule has 2 aromatic rings. The minimum Gasteiger partial charge on any atom is -0.444 e. The van der Waals surface area contributed by atoms with E-state index < -0.39 is 17.6 Å². The largest absolute Gasteiger partial charge is 0.444 e. The van der Waals surface area contributed by atoms with Gasteiger partial charge in [-0.3, -0.25) is 9.59 Å². The fourth-order valence-corrected chi connectivity index (χ4v) is 4.48. The molecule has 2 aliphatic rings. The topological polar surface area (TPSA) is 139 Å². The standard InChI is InChI=1S/C27H36N6O5/c1-27(2,3)38-26(36)30-20-5-4-12-33(17-20)22-11-10-21(23(28)34)24(31-22)29-19-8-6-18(7-9-19)25(35)32-13-15-37-16-14-32/h6-11,20H,4-5,12-17H2,1-3H3,(H2,28,34)(H,29,31)(H,30,36)/t20-/m1/s1. The molecule has 38 heavy (non-hydrogen) atoms. The van der Waals surface area contributed by atoms with Crippen molar-refractivity contribution in [1.29, 1.82) is 0 Å². The minimum atomic E-state index is -0.603. The van der Waals surface area contributed by atoms with Gasteiger partial charge in [-0.15, -0.1) is 0 Å². The van der Waals surface area contributed by atoms with Gasteiger partial charge in [0, 0.05) is 43.5 Å². The molecule has 1 aromatic carbocycles. The quantitative estimate of drug-likeness (QED) is 0.524. The number of rotatable bonds is 6. The van der Waals surface area contributed by atoms with Crippen LogP contribution < -0.4 is 21.3 Å². The summed E-state index contributed by atoms with van der Waals surface area (Å²) in [7, 11) is 0. The summed E-state index contributed by atoms with van der Waals surface area (Å²) in [4.78, 5) is 45.6. The molecule has 0 aliphatic carbocycles. The van der Waals surface area contributed by atoms with Crippen molar-refractivity contribution in [3.05, 3.63) is 47.5 Å². The maximum Gasteiger partial charge on any atom is 0.407 e. The van der Waals surface area contributed by atoms with Crippen LogP contribution in [0.4, 0.5) is 22.1 Å². The molecule has 11 heteroatoms. The first-order valence-corrected chi connectivity index (χ1v) is 12.9. The van der Waals surface area contributed by atoms with Crippen molar-refractivity contribution in [2.45, 2.75) is 45.3 Å². The highest BCUT2D eigenvalue weighted by molar-refractivity contribution is 5.99. The average molecular weight is 525 g/mol. The predicted molar refractivity (Wildman–Crippen MR) is 144 cm³/mol. The second kappa shape index (κ2) is 11.7. The van der Waals surface area contributed by atoms with Gasteiger partial charge in [-0.1, -0.05) is 0 Å². The first-order valence-electron chi connectivity index (χ1n) is 12.9. The Morgan fingerprint density at radius 1 is 1.05 bits per heavy atom. The molecule has 2 aliphatic heterocycles. The van der Waals surface area contributed by atoms with Crippen molar-refractivity contribution in [3.63, 3.8) is 0 Å². The molecule has 1 aromatic heterocycles. The zero-order chi connectivity index (χ0) is 27.3. The Balaban J connectivity index is 1.46. The van der Waals surface area contributed by atoms with Crippen LogP contribution in [0.3, 0.4) is 0 Å². The highest BCUT2D eigenvalue weighted by atomic mass is 16.6. The van der Waals surface area contributed by atoms with Crippen LogP contribution in [0.25, 0.3) is 0 Å². The maximum absolute atomic E-state index is 12.7. The number of carbonyl (C=O) groups is 3. The number of hydrogen-bond donors (Lipinski definition) is 3. The summed E-state index contributed by atoms with van der Waals surface area (Å²) in [6, 6.07) is 10.3. The van der Waals surface area contributed by atoms with E-state index in [2.05, 4.69) is 15.5 Å². The van der Waals surface area contributed by atoms with Gasteiger partial charge < -0.3 is 35.6 Å². The van der Waals surface area contributed by atoms with E-state index >= 15 is 0 Å². The molecule has 204 valence electrons. The van der Waals surface area contributed by atoms with E-state index in [4.69, 9.17) is 20.2 Å². The smallest absolute Gasteiger partial charge is 0.407 e. The molecular formula is C27H36N6O5. The molecule has 4 rings (SSSR count). The number of hydrogen-bond acceptors (Lipinski definition) is 8. The summed E-state index contributed by atoms with van der Waals surface area (Å²) >= 11 is 0. The monoisotopic (exact) mass is 524 g/mol. The molecule has 0 bridgehead atoms. The van der Waals surface area contributed by atoms with E-state index in [0.29, 0.717) is 55.7 Å². The molecule has 3 heterocycles. The number of nitrogens with zero attached hydrogens (tertiary/aromatic N) is 3. The predicted octanol–water partition coefficient (Wildman–Crippen LogP) is 2.89. The van der Waals surface area contributed by atoms with Crippen LogP contribution in [0.1, 0.15) is 54.3 Å². The van der Waals surface area contributed by atoms with Crippen molar-refractivity contribution in [3.8, 4) is 0 Å². The number of nitrogens with one attached hydrogen (secondary N) is 2. The lowest BCUT2D eigenvalue weighted by atomic mass is 10.1. The SMILES string of the molecule is CC(C)(C)OC(=O)N[C@@H]1CCCN(c2ccc(C(N)=O)c(Nc3ccc(C(=O)N4CCOCC4)cc3)n2)C1. The zero-order valence-electron chi connectivity index (χ0n) is 22.2. The van der Waals surface area contributed by atoms with Gasteiger partial charge >= 0.3 is 6.09 Å². The summed E-state index contributed by atoms with van der Waals surface area (Å²) in [5, 5.41) is 6.11. The summed E-state index contributed by atoms with van der Waals surface area (Å²) in [6.07, 6.45) is 1.25. The number of carbonyl (C=O) groups excluding carboxylic acids is 3. The van der Waals surface area contributed by atoms with Gasteiger partial charge in [0.15, 0.2) is 0 Å². The van der Waals surface area contributed by atoms with E-state index in [0.717, 1.165) is 19.4 Å². The van der Waals surface area contributed by atoms with Crippen molar-refractivity contribution >= 4 is 35.2 Å². The first kappa shape index (κ1) is 27.2. The third kappa shape index (κ3) is 7.12. The number of ether oxygens (including phenoxy) is 2. The van der Waals surface area contributed by atoms with Crippen LogP contribution in [-0.4, -0.2) is 78.8 Å². The van der Waals surface area contributed by atoms with Crippen molar-refractivity contribution in [1.82, 2.24) is 15.2 Å². The van der Waals surface area contributed by atoms with Crippen molar-refractivity contribution in [2.75, 3.05) is 49.6 Å². The molecule has 0 unspecified atom stereocenters. The fraction of sp³-hybridized carbons (Fsp3) is 0.481. The van der Waals surface area contributed by atoms with Gasteiger partial charge in [-0.05, 0) is 70.0 Å². The van der Waals surface area contributed by atoms with Crippen LogP contribution in [0.15, 0.2) is 36.4 Å². The average Bonchev–Trinajstić information content (AvgIpc) is 2.88. The second-order valence-electron chi connectivity index (χ2n) is 10.5. The van der Waals surface area contributed by atoms with Crippen LogP contribution >= 0.6 is 0 Å². The molecule has 0 saturated carbocycles. The van der Waals surface area contributed by atoms with Crippen molar-refractivity contribution in [2.24, 2.45) is 5.73 Å². The molecule has 11 nitrogen and oxygen atoms in total. The van der Waals surface area contributed by atoms with Gasteiger partial charge in [0.2, 0.25) is 0 Å². The number of anilines is 3. The molecule has 1 atom stereocenters. The minimum absolute atomic E-state index is 0.0440. The second-order valence-corrected chi connectivity index (χ2v) is 10.5. The lowest BCUT2D eigenvalue weighted by molar-refractivity contribution is 0.0303. The number of nitrogens with two attached hydrogens (primary N) is 1. The van der Waals surface area contributed by atoms with Gasteiger partial charge in [-0.2, -0.15) is 0 Å². The van der Waals surface area contributed by atoms with E-state index in [1.54, 1.807) is 41.3 Å². The number of alkyl carbamates (subject to hydrolysis) is 1. The Kier molecular flexibility index (Phi) is 8.35. The lowest BCUT2D eigenvalue weighted by Crippen LogP contribution is -2.49. The molecule has 2 fully saturated rings. The number of primary amides is 1. The summed E-state index contributed by atoms with van der Waals surface area (Å²) in [5.74, 6) is 0.336. The van der Waals surface area contributed by atoms with Gasteiger partial charge in [-0.25, -0.2) is 9.78 Å². The molecule has 0 spiro atoms. The van der Waals surface area contributed by atoms with Crippen molar-refractivity contribution < 1.29 is 23.9 Å². The zero-order valence-corrected chi connectivity index (χ0v) is 22.2. The number of benzene rings is 1. The number of amides is 3. The van der Waals surface area contributed by atoms with E-state index in [1.165, 1.54) is 0 Å². The van der Waals surface area contributed by atoms with Crippen LogP contribution in [0.2, 0.25) is 0 Å².